The number of carbonyl (C=O) groups is 4. The van der Waals surface area contributed by atoms with E-state index in [0.29, 0.717) is 50.9 Å². The summed E-state index contributed by atoms with van der Waals surface area (Å²) in [7, 11) is 0. The quantitative estimate of drug-likeness (QED) is 0.0763. The van der Waals surface area contributed by atoms with Crippen molar-refractivity contribution in [2.45, 2.75) is 113 Å². The van der Waals surface area contributed by atoms with E-state index in [9.17, 15) is 24.3 Å². The van der Waals surface area contributed by atoms with Crippen LogP contribution in [0.1, 0.15) is 89.7 Å². The highest BCUT2D eigenvalue weighted by molar-refractivity contribution is 9.09. The lowest BCUT2D eigenvalue weighted by atomic mass is 9.70. The molecule has 10 nitrogen and oxygen atoms in total. The average Bonchev–Trinajstić information content (AvgIpc) is 3.68. The van der Waals surface area contributed by atoms with Crippen molar-refractivity contribution in [2.75, 3.05) is 26.2 Å². The summed E-state index contributed by atoms with van der Waals surface area (Å²) in [4.78, 5) is 59.3. The molecule has 1 aromatic rings. The van der Waals surface area contributed by atoms with Crippen LogP contribution in [0.25, 0.3) is 0 Å². The molecule has 1 unspecified atom stereocenters. The highest BCUT2D eigenvalue weighted by Crippen LogP contribution is 2.60. The highest BCUT2D eigenvalue weighted by Gasteiger charge is 2.77. The summed E-state index contributed by atoms with van der Waals surface area (Å²) < 4.78 is 13.0. The van der Waals surface area contributed by atoms with Crippen molar-refractivity contribution in [1.29, 1.82) is 0 Å². The largest absolute Gasteiger partial charge is 0.455 e. The summed E-state index contributed by atoms with van der Waals surface area (Å²) in [5, 5.41) is 12.2. The highest BCUT2D eigenvalue weighted by atomic mass is 79.9. The van der Waals surface area contributed by atoms with Gasteiger partial charge in [-0.25, -0.2) is 0 Å². The van der Waals surface area contributed by atoms with Gasteiger partial charge in [0.25, 0.3) is 0 Å². The number of aliphatic hydroxyl groups is 1. The van der Waals surface area contributed by atoms with Crippen LogP contribution in [0.2, 0.25) is 0 Å². The monoisotopic (exact) mass is 743 g/mol. The fourth-order valence-corrected chi connectivity index (χ4v) is 8.72. The van der Waals surface area contributed by atoms with E-state index >= 15 is 0 Å². The second-order valence-corrected chi connectivity index (χ2v) is 14.7. The molecular formula is C38H54BrN3O7. The third-order valence-corrected chi connectivity index (χ3v) is 10.9. The molecule has 2 N–H and O–H groups in total. The Labute approximate surface area is 299 Å². The van der Waals surface area contributed by atoms with Crippen LogP contribution in [0.3, 0.4) is 0 Å². The summed E-state index contributed by atoms with van der Waals surface area (Å²) in [5.74, 6) is -3.05. The number of allylic oxidation sites excluding steroid dienone is 1. The number of ether oxygens (including phenoxy) is 2. The maximum Gasteiger partial charge on any atom is 0.313 e. The van der Waals surface area contributed by atoms with E-state index in [4.69, 9.17) is 9.47 Å². The van der Waals surface area contributed by atoms with Gasteiger partial charge >= 0.3 is 5.97 Å². The van der Waals surface area contributed by atoms with E-state index in [1.807, 2.05) is 30.3 Å². The smallest absolute Gasteiger partial charge is 0.313 e. The fourth-order valence-electron chi connectivity index (χ4n) is 7.78. The molecule has 3 aliphatic heterocycles. The summed E-state index contributed by atoms with van der Waals surface area (Å²) in [6.45, 7) is 12.8. The molecule has 0 aromatic heterocycles. The first kappa shape index (κ1) is 38.8. The Hall–Kier alpha value is -3.02. The first-order valence-electron chi connectivity index (χ1n) is 17.9. The van der Waals surface area contributed by atoms with E-state index in [-0.39, 0.29) is 35.6 Å². The Morgan fingerprint density at radius 1 is 1.14 bits per heavy atom. The third-order valence-electron chi connectivity index (χ3n) is 10.1. The molecule has 3 saturated heterocycles. The summed E-state index contributed by atoms with van der Waals surface area (Å²) in [5.41, 5.74) is -0.484. The molecule has 49 heavy (non-hydrogen) atoms. The topological polar surface area (TPSA) is 125 Å². The Bertz CT molecular complexity index is 1310. The van der Waals surface area contributed by atoms with E-state index in [0.717, 1.165) is 32.1 Å². The number of nitrogens with one attached hydrogen (secondary N) is 1. The number of alkyl halides is 1. The zero-order chi connectivity index (χ0) is 35.6. The SMILES string of the molecule is C=CCCC(=O)N[C@H](C)[C@@H](OC(=O)[C@H]1[C@@H]2O[C@@]3(CC2Br)[C@@H]1C(=O)N(CCCCCCO)[C@@H]3C(=O)N(CC=C)CCCCC)c1ccccc1. The predicted octanol–water partition coefficient (Wildman–Crippen LogP) is 5.25. The molecule has 8 atom stereocenters. The van der Waals surface area contributed by atoms with Gasteiger partial charge in [0.1, 0.15) is 17.7 Å². The zero-order valence-corrected chi connectivity index (χ0v) is 30.7. The molecule has 3 fully saturated rings. The van der Waals surface area contributed by atoms with Crippen molar-refractivity contribution in [2.24, 2.45) is 11.8 Å². The number of esters is 1. The van der Waals surface area contributed by atoms with Crippen molar-refractivity contribution >= 4 is 39.6 Å². The number of amides is 3. The van der Waals surface area contributed by atoms with Crippen molar-refractivity contribution < 1.29 is 33.8 Å². The van der Waals surface area contributed by atoms with E-state index < -0.39 is 47.7 Å². The number of nitrogens with zero attached hydrogens (tertiary/aromatic N) is 2. The van der Waals surface area contributed by atoms with Crippen LogP contribution in [0, 0.1) is 11.8 Å². The average molecular weight is 745 g/mol. The number of hydrogen-bond acceptors (Lipinski definition) is 7. The Morgan fingerprint density at radius 2 is 1.88 bits per heavy atom. The molecule has 3 aliphatic rings. The van der Waals surface area contributed by atoms with Crippen LogP contribution in [-0.4, -0.2) is 93.5 Å². The Kier molecular flexibility index (Phi) is 14.5. The van der Waals surface area contributed by atoms with E-state index in [1.54, 1.807) is 28.9 Å². The van der Waals surface area contributed by atoms with Gasteiger partial charge < -0.3 is 29.7 Å². The van der Waals surface area contributed by atoms with Crippen LogP contribution in [0.4, 0.5) is 0 Å². The van der Waals surface area contributed by atoms with Crippen LogP contribution < -0.4 is 5.32 Å². The van der Waals surface area contributed by atoms with Crippen molar-refractivity contribution in [3.8, 4) is 0 Å². The van der Waals surface area contributed by atoms with Crippen LogP contribution >= 0.6 is 15.9 Å². The predicted molar refractivity (Wildman–Crippen MR) is 192 cm³/mol. The van der Waals surface area contributed by atoms with Crippen LogP contribution in [0.15, 0.2) is 55.6 Å². The number of rotatable bonds is 21. The number of carbonyl (C=O) groups excluding carboxylic acids is 4. The van der Waals surface area contributed by atoms with E-state index in [1.165, 1.54) is 0 Å². The van der Waals surface area contributed by atoms with Gasteiger partial charge in [0.2, 0.25) is 17.7 Å². The molecule has 0 aliphatic carbocycles. The van der Waals surface area contributed by atoms with Gasteiger partial charge in [-0.3, -0.25) is 19.2 Å². The van der Waals surface area contributed by atoms with Crippen molar-refractivity contribution in [3.05, 3.63) is 61.2 Å². The van der Waals surface area contributed by atoms with Gasteiger partial charge in [0.15, 0.2) is 0 Å². The molecule has 270 valence electrons. The lowest BCUT2D eigenvalue weighted by Crippen LogP contribution is -2.57. The lowest BCUT2D eigenvalue weighted by molar-refractivity contribution is -0.162. The summed E-state index contributed by atoms with van der Waals surface area (Å²) in [6.07, 6.45) is 8.84. The van der Waals surface area contributed by atoms with Gasteiger partial charge in [-0.05, 0) is 44.6 Å². The number of halogens is 1. The lowest BCUT2D eigenvalue weighted by Gasteiger charge is -2.37. The molecule has 0 saturated carbocycles. The van der Waals surface area contributed by atoms with Gasteiger partial charge in [0.05, 0.1) is 24.0 Å². The number of unbranched alkanes of at least 4 members (excludes halogenated alkanes) is 5. The minimum absolute atomic E-state index is 0.107. The second kappa shape index (κ2) is 18.3. The Balaban J connectivity index is 1.66. The van der Waals surface area contributed by atoms with Crippen LogP contribution in [0.5, 0.6) is 0 Å². The molecule has 11 heteroatoms. The number of likely N-dealkylation sites (tertiary alicyclic amines) is 1. The molecule has 3 heterocycles. The number of aliphatic hydroxyl groups excluding tert-OH is 1. The summed E-state index contributed by atoms with van der Waals surface area (Å²) >= 11 is 3.76. The molecule has 0 radical (unpaired) electrons. The number of fused-ring (bicyclic) bond motifs is 1. The standard InChI is InChI=1S/C38H54BrN3O7/c1-5-8-15-22-41(21-7-3)36(46)34-38-25-28(39)33(49-38)30(31(38)35(45)42(34)23-16-10-11-17-24-43)37(47)48-32(27-18-13-12-14-19-27)26(4)40-29(44)20-9-6-2/h6-7,12-14,18-19,26,28,30-34,43H,2-3,5,8-11,15-17,20-25H2,1,4H3,(H,40,44)/t26-,28?,30-,31+,32-,33-,34-,38+/m1/s1. The Morgan fingerprint density at radius 3 is 2.55 bits per heavy atom. The van der Waals surface area contributed by atoms with Crippen LogP contribution in [-0.2, 0) is 28.7 Å². The number of hydrogen-bond donors (Lipinski definition) is 2. The minimum atomic E-state index is -1.20. The van der Waals surface area contributed by atoms with Gasteiger partial charge in [-0.1, -0.05) is 91.0 Å². The maximum absolute atomic E-state index is 14.6. The van der Waals surface area contributed by atoms with Gasteiger partial charge in [-0.15, -0.1) is 13.2 Å². The third kappa shape index (κ3) is 8.66. The molecule has 1 aromatic carbocycles. The molecule has 2 bridgehead atoms. The molecule has 3 amide bonds. The number of benzene rings is 1. The van der Waals surface area contributed by atoms with Crippen molar-refractivity contribution in [1.82, 2.24) is 15.1 Å². The fraction of sp³-hybridized carbons (Fsp3) is 0.632. The maximum atomic E-state index is 14.6. The molecule has 1 spiro atoms. The van der Waals surface area contributed by atoms with Gasteiger partial charge in [-0.2, -0.15) is 0 Å². The first-order chi connectivity index (χ1) is 23.6. The minimum Gasteiger partial charge on any atom is -0.455 e. The second-order valence-electron chi connectivity index (χ2n) is 13.6. The first-order valence-corrected chi connectivity index (χ1v) is 18.8. The molecule has 4 rings (SSSR count). The van der Waals surface area contributed by atoms with Gasteiger partial charge in [0, 0.05) is 37.5 Å². The zero-order valence-electron chi connectivity index (χ0n) is 29.1. The van der Waals surface area contributed by atoms with Crippen molar-refractivity contribution in [3.63, 3.8) is 0 Å². The van der Waals surface area contributed by atoms with E-state index in [2.05, 4.69) is 41.3 Å². The molecular weight excluding hydrogens is 690 g/mol. The summed E-state index contributed by atoms with van der Waals surface area (Å²) in [6, 6.07) is 7.79. The normalized spacial score (nSPS) is 26.6.